The normalized spacial score (nSPS) is 10.7. The molecule has 0 amide bonds. The van der Waals surface area contributed by atoms with Gasteiger partial charge in [-0.1, -0.05) is 0 Å². The third-order valence-electron chi connectivity index (χ3n) is 4.95. The molecule has 3 aromatic rings. The summed E-state index contributed by atoms with van der Waals surface area (Å²) < 4.78 is 26.0. The van der Waals surface area contributed by atoms with Gasteiger partial charge in [0, 0.05) is 24.5 Å². The molecule has 1 heterocycles. The summed E-state index contributed by atoms with van der Waals surface area (Å²) in [6.45, 7) is 2.21. The number of ether oxygens (including phenoxy) is 2. The molecule has 1 aromatic heterocycles. The van der Waals surface area contributed by atoms with Crippen molar-refractivity contribution in [3.05, 3.63) is 58.5 Å². The Hall–Kier alpha value is -3.28. The quantitative estimate of drug-likeness (QED) is 0.532. The van der Waals surface area contributed by atoms with E-state index in [1.165, 1.54) is 24.3 Å². The van der Waals surface area contributed by atoms with E-state index in [-0.39, 0.29) is 48.3 Å². The van der Waals surface area contributed by atoms with E-state index in [2.05, 4.69) is 0 Å². The number of esters is 1. The van der Waals surface area contributed by atoms with E-state index in [9.17, 15) is 19.6 Å². The molecule has 0 bridgehead atoms. The number of carbonyl (C=O) groups excluding carboxylic acids is 1. The lowest BCUT2D eigenvalue weighted by molar-refractivity contribution is 0.0525. The van der Waals surface area contributed by atoms with Gasteiger partial charge < -0.3 is 24.0 Å². The molecule has 0 saturated carbocycles. The van der Waals surface area contributed by atoms with E-state index in [1.54, 1.807) is 24.6 Å². The summed E-state index contributed by atoms with van der Waals surface area (Å²) >= 11 is 0. The molecule has 7 nitrogen and oxygen atoms in total. The maximum Gasteiger partial charge on any atom is 0.340 e. The number of phenolic OH excluding ortho intramolecular Hbond substituents is 1. The Morgan fingerprint density at radius 3 is 2.50 bits per heavy atom. The minimum Gasteiger partial charge on any atom is -0.506 e. The highest BCUT2D eigenvalue weighted by atomic mass is 35.5. The predicted molar refractivity (Wildman–Crippen MR) is 121 cm³/mol. The summed E-state index contributed by atoms with van der Waals surface area (Å²) in [6.07, 6.45) is 0. The SMILES string of the molecule is CCOC(=O)c1c(COc2ccc(F)cc2)n(C)c2cc(C#N)c(O)c(CN(C)C)c12.Cl. The average Bonchev–Trinajstić information content (AvgIpc) is 3.01. The molecule has 0 saturated heterocycles. The van der Waals surface area contributed by atoms with Gasteiger partial charge in [0.05, 0.1) is 28.9 Å². The highest BCUT2D eigenvalue weighted by Crippen LogP contribution is 2.37. The van der Waals surface area contributed by atoms with Crippen LogP contribution in [0.3, 0.4) is 0 Å². The number of aromatic nitrogens is 1. The number of hydrogen-bond donors (Lipinski definition) is 1. The van der Waals surface area contributed by atoms with Crippen molar-refractivity contribution in [1.29, 1.82) is 5.26 Å². The Kier molecular flexibility index (Phi) is 8.08. The maximum atomic E-state index is 13.2. The van der Waals surface area contributed by atoms with Crippen LogP contribution in [0.1, 0.15) is 34.1 Å². The Morgan fingerprint density at radius 1 is 1.28 bits per heavy atom. The molecule has 9 heteroatoms. The minimum atomic E-state index is -0.546. The predicted octanol–water partition coefficient (Wildman–Crippen LogP) is 4.13. The van der Waals surface area contributed by atoms with Gasteiger partial charge in [-0.15, -0.1) is 12.4 Å². The topological polar surface area (TPSA) is 87.7 Å². The number of aromatic hydroxyl groups is 1. The Balaban J connectivity index is 0.00000363. The van der Waals surface area contributed by atoms with E-state index < -0.39 is 5.97 Å². The van der Waals surface area contributed by atoms with Crippen LogP contribution in [0, 0.1) is 17.1 Å². The molecule has 170 valence electrons. The van der Waals surface area contributed by atoms with Gasteiger partial charge >= 0.3 is 5.97 Å². The summed E-state index contributed by atoms with van der Waals surface area (Å²) in [5.41, 5.74) is 1.98. The summed E-state index contributed by atoms with van der Waals surface area (Å²) in [6, 6.07) is 9.13. The molecular formula is C23H25ClFN3O4. The second-order valence-electron chi connectivity index (χ2n) is 7.34. The monoisotopic (exact) mass is 461 g/mol. The number of phenols is 1. The van der Waals surface area contributed by atoms with E-state index in [4.69, 9.17) is 9.47 Å². The molecule has 0 aliphatic rings. The Morgan fingerprint density at radius 2 is 1.94 bits per heavy atom. The molecule has 0 radical (unpaired) electrons. The number of nitrogens with zero attached hydrogens (tertiary/aromatic N) is 3. The van der Waals surface area contributed by atoms with Crippen molar-refractivity contribution in [3.8, 4) is 17.6 Å². The molecular weight excluding hydrogens is 437 g/mol. The fourth-order valence-electron chi connectivity index (χ4n) is 3.54. The molecule has 0 spiro atoms. The summed E-state index contributed by atoms with van der Waals surface area (Å²) in [4.78, 5) is 14.8. The molecule has 0 atom stereocenters. The highest BCUT2D eigenvalue weighted by Gasteiger charge is 2.28. The zero-order valence-corrected chi connectivity index (χ0v) is 19.1. The van der Waals surface area contributed by atoms with Gasteiger partial charge in [0.15, 0.2) is 0 Å². The third-order valence-corrected chi connectivity index (χ3v) is 4.95. The van der Waals surface area contributed by atoms with Crippen molar-refractivity contribution >= 4 is 29.3 Å². The first kappa shape index (κ1) is 25.0. The van der Waals surface area contributed by atoms with E-state index in [0.717, 1.165) is 0 Å². The number of nitriles is 1. The van der Waals surface area contributed by atoms with Crippen LogP contribution in [0.2, 0.25) is 0 Å². The largest absolute Gasteiger partial charge is 0.506 e. The lowest BCUT2D eigenvalue weighted by Crippen LogP contribution is -2.14. The van der Waals surface area contributed by atoms with Crippen molar-refractivity contribution in [2.24, 2.45) is 7.05 Å². The van der Waals surface area contributed by atoms with Crippen LogP contribution in [0.4, 0.5) is 4.39 Å². The molecule has 0 fully saturated rings. The smallest absolute Gasteiger partial charge is 0.340 e. The first-order valence-electron chi connectivity index (χ1n) is 9.74. The summed E-state index contributed by atoms with van der Waals surface area (Å²) in [7, 11) is 5.41. The van der Waals surface area contributed by atoms with Crippen molar-refractivity contribution in [1.82, 2.24) is 9.47 Å². The van der Waals surface area contributed by atoms with Crippen LogP contribution in [0.15, 0.2) is 30.3 Å². The van der Waals surface area contributed by atoms with Crippen molar-refractivity contribution < 1.29 is 23.8 Å². The zero-order valence-electron chi connectivity index (χ0n) is 18.3. The van der Waals surface area contributed by atoms with Gasteiger partial charge in [-0.25, -0.2) is 9.18 Å². The van der Waals surface area contributed by atoms with Gasteiger partial charge in [0.25, 0.3) is 0 Å². The molecule has 0 aliphatic heterocycles. The van der Waals surface area contributed by atoms with Gasteiger partial charge in [-0.2, -0.15) is 5.26 Å². The van der Waals surface area contributed by atoms with E-state index in [0.29, 0.717) is 34.5 Å². The first-order valence-corrected chi connectivity index (χ1v) is 9.74. The van der Waals surface area contributed by atoms with Crippen LogP contribution in [-0.2, 0) is 24.9 Å². The standard InChI is InChI=1S/C23H24FN3O4.ClH/c1-5-30-23(29)21-19(13-31-16-8-6-15(24)7-9-16)27(4)18-10-14(11-25)22(28)17(20(18)21)12-26(2)3;/h6-10,28H,5,12-13H2,1-4H3;1H. The van der Waals surface area contributed by atoms with Crippen LogP contribution in [0.5, 0.6) is 11.5 Å². The lowest BCUT2D eigenvalue weighted by atomic mass is 10.00. The number of carbonyl (C=O) groups is 1. The van der Waals surface area contributed by atoms with Gasteiger partial charge in [0.2, 0.25) is 0 Å². The lowest BCUT2D eigenvalue weighted by Gasteiger charge is -2.15. The summed E-state index contributed by atoms with van der Waals surface area (Å²) in [5, 5.41) is 20.7. The molecule has 0 aliphatic carbocycles. The fraction of sp³-hybridized carbons (Fsp3) is 0.304. The second-order valence-corrected chi connectivity index (χ2v) is 7.34. The number of aryl methyl sites for hydroxylation is 1. The zero-order chi connectivity index (χ0) is 22.7. The van der Waals surface area contributed by atoms with Crippen molar-refractivity contribution in [3.63, 3.8) is 0 Å². The van der Waals surface area contributed by atoms with Gasteiger partial charge in [0.1, 0.15) is 30.0 Å². The number of benzene rings is 2. The van der Waals surface area contributed by atoms with Crippen molar-refractivity contribution in [2.75, 3.05) is 20.7 Å². The number of fused-ring (bicyclic) bond motifs is 1. The van der Waals surface area contributed by atoms with E-state index >= 15 is 0 Å². The van der Waals surface area contributed by atoms with Crippen molar-refractivity contribution in [2.45, 2.75) is 20.1 Å². The molecule has 3 rings (SSSR count). The van der Waals surface area contributed by atoms with Crippen LogP contribution >= 0.6 is 12.4 Å². The first-order chi connectivity index (χ1) is 14.8. The maximum absolute atomic E-state index is 13.2. The second kappa shape index (κ2) is 10.4. The average molecular weight is 462 g/mol. The van der Waals surface area contributed by atoms with Gasteiger partial charge in [-0.3, -0.25) is 0 Å². The fourth-order valence-corrected chi connectivity index (χ4v) is 3.54. The van der Waals surface area contributed by atoms with Crippen LogP contribution in [0.25, 0.3) is 10.9 Å². The Labute approximate surface area is 192 Å². The summed E-state index contributed by atoms with van der Waals surface area (Å²) in [5.74, 6) is -0.645. The van der Waals surface area contributed by atoms with Crippen LogP contribution in [-0.4, -0.2) is 41.2 Å². The number of hydrogen-bond acceptors (Lipinski definition) is 6. The van der Waals surface area contributed by atoms with Gasteiger partial charge in [-0.05, 0) is 51.4 Å². The molecule has 32 heavy (non-hydrogen) atoms. The highest BCUT2D eigenvalue weighted by molar-refractivity contribution is 6.08. The Bertz CT molecular complexity index is 1170. The minimum absolute atomic E-state index is 0. The molecule has 0 unspecified atom stereocenters. The third kappa shape index (κ3) is 4.79. The van der Waals surface area contributed by atoms with Crippen LogP contribution < -0.4 is 4.74 Å². The number of halogens is 2. The molecule has 1 N–H and O–H groups in total. The number of rotatable bonds is 7. The van der Waals surface area contributed by atoms with E-state index in [1.807, 2.05) is 25.1 Å². The molecule has 2 aromatic carbocycles.